The van der Waals surface area contributed by atoms with E-state index >= 15 is 0 Å². The third-order valence-corrected chi connectivity index (χ3v) is 3.91. The maximum Gasteiger partial charge on any atom is 0.282 e. The molecule has 0 spiro atoms. The van der Waals surface area contributed by atoms with Gasteiger partial charge in [0.25, 0.3) is 11.6 Å². The molecule has 0 atom stereocenters. The molecule has 0 aliphatic rings. The molecule has 0 saturated carbocycles. The summed E-state index contributed by atoms with van der Waals surface area (Å²) in [5.41, 5.74) is 1.26. The number of nitro groups is 1. The van der Waals surface area contributed by atoms with E-state index in [1.807, 2.05) is 12.1 Å². The molecular formula is C18H18N4O4S. The molecule has 0 unspecified atom stereocenters. The molecular weight excluding hydrogens is 368 g/mol. The molecule has 0 bridgehead atoms. The average Bonchev–Trinajstić information content (AvgIpc) is 2.66. The van der Waals surface area contributed by atoms with Crippen LogP contribution in [0.5, 0.6) is 0 Å². The number of carbonyl (C=O) groups excluding carboxylic acids is 2. The van der Waals surface area contributed by atoms with Gasteiger partial charge in [0.05, 0.1) is 4.92 Å². The molecule has 2 aromatic carbocycles. The zero-order valence-electron chi connectivity index (χ0n) is 14.5. The molecule has 0 fully saturated rings. The molecule has 9 heteroatoms. The van der Waals surface area contributed by atoms with E-state index in [1.165, 1.54) is 24.3 Å². The van der Waals surface area contributed by atoms with Crippen molar-refractivity contribution in [1.82, 2.24) is 10.6 Å². The second kappa shape index (κ2) is 9.39. The second-order valence-electron chi connectivity index (χ2n) is 5.55. The van der Waals surface area contributed by atoms with Gasteiger partial charge in [-0.15, -0.1) is 0 Å². The Morgan fingerprint density at radius 3 is 2.41 bits per heavy atom. The first kappa shape index (κ1) is 20.0. The fourth-order valence-electron chi connectivity index (χ4n) is 2.30. The Labute approximate surface area is 161 Å². The highest BCUT2D eigenvalue weighted by Gasteiger charge is 2.19. The lowest BCUT2D eigenvalue weighted by molar-refractivity contribution is -0.385. The molecule has 8 nitrogen and oxygen atoms in total. The summed E-state index contributed by atoms with van der Waals surface area (Å²) in [5, 5.41) is 18.9. The Morgan fingerprint density at radius 2 is 1.78 bits per heavy atom. The third-order valence-electron chi connectivity index (χ3n) is 3.70. The Kier molecular flexibility index (Phi) is 6.95. The van der Waals surface area contributed by atoms with E-state index in [0.717, 1.165) is 5.56 Å². The van der Waals surface area contributed by atoms with E-state index < -0.39 is 10.8 Å². The molecule has 3 N–H and O–H groups in total. The number of rotatable bonds is 6. The summed E-state index contributed by atoms with van der Waals surface area (Å²) < 4.78 is 0. The van der Waals surface area contributed by atoms with Crippen LogP contribution in [0, 0.1) is 10.1 Å². The highest BCUT2D eigenvalue weighted by molar-refractivity contribution is 7.80. The normalized spacial score (nSPS) is 9.96. The number of aryl methyl sites for hydroxylation is 1. The number of anilines is 1. The van der Waals surface area contributed by atoms with Crippen LogP contribution in [-0.2, 0) is 11.2 Å². The summed E-state index contributed by atoms with van der Waals surface area (Å²) in [5.74, 6) is -0.696. The van der Waals surface area contributed by atoms with Crippen LogP contribution in [0.4, 0.5) is 11.4 Å². The highest BCUT2D eigenvalue weighted by atomic mass is 32.1. The van der Waals surface area contributed by atoms with Gasteiger partial charge in [-0.05, 0) is 42.4 Å². The molecule has 0 aliphatic heterocycles. The van der Waals surface area contributed by atoms with Crippen molar-refractivity contribution >= 4 is 40.5 Å². The summed E-state index contributed by atoms with van der Waals surface area (Å²) in [4.78, 5) is 33.9. The van der Waals surface area contributed by atoms with E-state index in [4.69, 9.17) is 12.2 Å². The molecule has 0 saturated heterocycles. The summed E-state index contributed by atoms with van der Waals surface area (Å²) >= 11 is 5.09. The van der Waals surface area contributed by atoms with Gasteiger partial charge in [-0.1, -0.05) is 24.3 Å². The van der Waals surface area contributed by atoms with Crippen molar-refractivity contribution in [2.24, 2.45) is 0 Å². The molecule has 2 rings (SSSR count). The molecule has 27 heavy (non-hydrogen) atoms. The predicted octanol–water partition coefficient (Wildman–Crippen LogP) is 2.40. The molecule has 0 aliphatic carbocycles. The lowest BCUT2D eigenvalue weighted by atomic mass is 10.1. The van der Waals surface area contributed by atoms with Gasteiger partial charge < -0.3 is 10.6 Å². The number of hydrogen-bond acceptors (Lipinski definition) is 5. The van der Waals surface area contributed by atoms with Crippen LogP contribution >= 0.6 is 12.2 Å². The average molecular weight is 386 g/mol. The molecule has 140 valence electrons. The number of thiocarbonyl (C=S) groups is 1. The monoisotopic (exact) mass is 386 g/mol. The van der Waals surface area contributed by atoms with E-state index in [-0.39, 0.29) is 22.3 Å². The van der Waals surface area contributed by atoms with Crippen LogP contribution in [0.2, 0.25) is 0 Å². The number of para-hydroxylation sites is 1. The number of amides is 2. The topological polar surface area (TPSA) is 113 Å². The first-order valence-electron chi connectivity index (χ1n) is 8.06. The third kappa shape index (κ3) is 5.86. The zero-order valence-corrected chi connectivity index (χ0v) is 15.3. The predicted molar refractivity (Wildman–Crippen MR) is 106 cm³/mol. The van der Waals surface area contributed by atoms with Crippen LogP contribution in [0.25, 0.3) is 0 Å². The van der Waals surface area contributed by atoms with Crippen molar-refractivity contribution < 1.29 is 14.5 Å². The van der Waals surface area contributed by atoms with Gasteiger partial charge in [0.15, 0.2) is 5.11 Å². The number of nitrogens with one attached hydrogen (secondary N) is 3. The van der Waals surface area contributed by atoms with Crippen LogP contribution in [0.1, 0.15) is 22.3 Å². The van der Waals surface area contributed by atoms with Gasteiger partial charge >= 0.3 is 0 Å². The Hall–Kier alpha value is -3.33. The van der Waals surface area contributed by atoms with Crippen molar-refractivity contribution in [1.29, 1.82) is 0 Å². The summed E-state index contributed by atoms with van der Waals surface area (Å²) in [6.07, 6.45) is 1.01. The Bertz CT molecular complexity index is 868. The van der Waals surface area contributed by atoms with Gasteiger partial charge in [0.2, 0.25) is 5.91 Å². The maximum absolute atomic E-state index is 12.2. The van der Waals surface area contributed by atoms with Crippen LogP contribution in [0.3, 0.4) is 0 Å². The number of nitrogens with zero attached hydrogens (tertiary/aromatic N) is 1. The van der Waals surface area contributed by atoms with Gasteiger partial charge in [-0.25, -0.2) is 0 Å². The number of carbonyl (C=O) groups is 2. The molecule has 0 heterocycles. The van der Waals surface area contributed by atoms with Gasteiger partial charge in [0, 0.05) is 25.2 Å². The van der Waals surface area contributed by atoms with E-state index in [1.54, 1.807) is 19.2 Å². The second-order valence-corrected chi connectivity index (χ2v) is 5.96. The van der Waals surface area contributed by atoms with Crippen molar-refractivity contribution in [3.63, 3.8) is 0 Å². The first-order valence-corrected chi connectivity index (χ1v) is 8.47. The van der Waals surface area contributed by atoms with Crippen LogP contribution < -0.4 is 16.0 Å². The minimum atomic E-state index is -0.665. The van der Waals surface area contributed by atoms with Gasteiger partial charge in [-0.2, -0.15) is 0 Å². The largest absolute Gasteiger partial charge is 0.359 e. The number of hydrogen-bond donors (Lipinski definition) is 3. The number of benzene rings is 2. The van der Waals surface area contributed by atoms with Crippen molar-refractivity contribution in [2.45, 2.75) is 12.8 Å². The minimum absolute atomic E-state index is 0.0243. The molecule has 0 radical (unpaired) electrons. The summed E-state index contributed by atoms with van der Waals surface area (Å²) in [6, 6.07) is 12.9. The summed E-state index contributed by atoms with van der Waals surface area (Å²) in [6.45, 7) is 0. The SMILES string of the molecule is CNC(=O)CCc1ccc(NC(=S)NC(=O)c2ccccc2[N+](=O)[O-])cc1. The Morgan fingerprint density at radius 1 is 1.11 bits per heavy atom. The van der Waals surface area contributed by atoms with Crippen LogP contribution in [-0.4, -0.2) is 28.9 Å². The first-order chi connectivity index (χ1) is 12.9. The van der Waals surface area contributed by atoms with Crippen molar-refractivity contribution in [3.8, 4) is 0 Å². The molecule has 2 aromatic rings. The van der Waals surface area contributed by atoms with Gasteiger partial charge in [-0.3, -0.25) is 25.0 Å². The minimum Gasteiger partial charge on any atom is -0.359 e. The lowest BCUT2D eigenvalue weighted by Crippen LogP contribution is -2.34. The lowest BCUT2D eigenvalue weighted by Gasteiger charge is -2.10. The fourth-order valence-corrected chi connectivity index (χ4v) is 2.51. The van der Waals surface area contributed by atoms with E-state index in [0.29, 0.717) is 18.5 Å². The van der Waals surface area contributed by atoms with E-state index in [2.05, 4.69) is 16.0 Å². The summed E-state index contributed by atoms with van der Waals surface area (Å²) in [7, 11) is 1.59. The number of nitro benzene ring substituents is 1. The maximum atomic E-state index is 12.2. The van der Waals surface area contributed by atoms with Crippen molar-refractivity contribution in [3.05, 3.63) is 69.8 Å². The smallest absolute Gasteiger partial charge is 0.282 e. The van der Waals surface area contributed by atoms with Crippen molar-refractivity contribution in [2.75, 3.05) is 12.4 Å². The molecule has 0 aromatic heterocycles. The quantitative estimate of drug-likeness (QED) is 0.399. The highest BCUT2D eigenvalue weighted by Crippen LogP contribution is 2.17. The fraction of sp³-hybridized carbons (Fsp3) is 0.167. The Balaban J connectivity index is 1.95. The van der Waals surface area contributed by atoms with Crippen LogP contribution in [0.15, 0.2) is 48.5 Å². The molecule has 2 amide bonds. The zero-order chi connectivity index (χ0) is 19.8. The van der Waals surface area contributed by atoms with E-state index in [9.17, 15) is 19.7 Å². The standard InChI is InChI=1S/C18H18N4O4S/c1-19-16(23)11-8-12-6-9-13(10-7-12)20-18(27)21-17(24)14-4-2-3-5-15(14)22(25)26/h2-7,9-10H,8,11H2,1H3,(H,19,23)(H2,20,21,24,27). The van der Waals surface area contributed by atoms with Gasteiger partial charge in [0.1, 0.15) is 5.56 Å².